The summed E-state index contributed by atoms with van der Waals surface area (Å²) in [6, 6.07) is 6.23. The maximum atomic E-state index is 11.4. The van der Waals surface area contributed by atoms with Gasteiger partial charge in [-0.05, 0) is 50.8 Å². The van der Waals surface area contributed by atoms with Crippen LogP contribution in [0.15, 0.2) is 18.2 Å². The molecule has 0 radical (unpaired) electrons. The van der Waals surface area contributed by atoms with Gasteiger partial charge in [0.2, 0.25) is 5.91 Å². The molecule has 0 aliphatic carbocycles. The van der Waals surface area contributed by atoms with Gasteiger partial charge in [0.1, 0.15) is 0 Å². The van der Waals surface area contributed by atoms with E-state index >= 15 is 0 Å². The van der Waals surface area contributed by atoms with Gasteiger partial charge in [-0.25, -0.2) is 0 Å². The van der Waals surface area contributed by atoms with E-state index in [1.165, 1.54) is 18.2 Å². The standard InChI is InChI=1S/C20H32N2O3/c1-6-24-11-12-25-10-9-22-19-13-17(21-16(3)23)7-8-18(19)15(2)14-20(22,4)5/h7-8,13,15H,6,9-12,14H2,1-5H3,(H,21,23). The Morgan fingerprint density at radius 3 is 2.68 bits per heavy atom. The lowest BCUT2D eigenvalue weighted by atomic mass is 9.80. The van der Waals surface area contributed by atoms with Crippen LogP contribution in [0.1, 0.15) is 52.5 Å². The van der Waals surface area contributed by atoms with Gasteiger partial charge in [0.15, 0.2) is 0 Å². The van der Waals surface area contributed by atoms with Crippen molar-refractivity contribution >= 4 is 17.3 Å². The lowest BCUT2D eigenvalue weighted by molar-refractivity contribution is -0.114. The fourth-order valence-electron chi connectivity index (χ4n) is 3.71. The van der Waals surface area contributed by atoms with Crippen LogP contribution in [0.4, 0.5) is 11.4 Å². The molecule has 1 aliphatic rings. The number of hydrogen-bond donors (Lipinski definition) is 1. The minimum Gasteiger partial charge on any atom is -0.379 e. The van der Waals surface area contributed by atoms with Gasteiger partial charge in [0, 0.05) is 37.0 Å². The summed E-state index contributed by atoms with van der Waals surface area (Å²) in [5.74, 6) is 0.445. The number of benzene rings is 1. The van der Waals surface area contributed by atoms with E-state index in [2.05, 4.69) is 43.1 Å². The number of nitrogens with one attached hydrogen (secondary N) is 1. The van der Waals surface area contributed by atoms with Gasteiger partial charge in [-0.3, -0.25) is 4.79 Å². The summed E-state index contributed by atoms with van der Waals surface area (Å²) in [5, 5.41) is 2.89. The highest BCUT2D eigenvalue weighted by Gasteiger charge is 2.36. The second-order valence-electron chi connectivity index (χ2n) is 7.33. The number of hydrogen-bond acceptors (Lipinski definition) is 4. The zero-order chi connectivity index (χ0) is 18.4. The van der Waals surface area contributed by atoms with Crippen LogP contribution in [0.5, 0.6) is 0 Å². The first-order valence-corrected chi connectivity index (χ1v) is 9.20. The lowest BCUT2D eigenvalue weighted by Gasteiger charge is -2.47. The van der Waals surface area contributed by atoms with E-state index in [9.17, 15) is 4.79 Å². The first-order valence-electron chi connectivity index (χ1n) is 9.20. The van der Waals surface area contributed by atoms with Crippen LogP contribution in [0.3, 0.4) is 0 Å². The van der Waals surface area contributed by atoms with Crippen LogP contribution in [0.2, 0.25) is 0 Å². The predicted octanol–water partition coefficient (Wildman–Crippen LogP) is 3.79. The van der Waals surface area contributed by atoms with Crippen molar-refractivity contribution in [1.82, 2.24) is 0 Å². The number of fused-ring (bicyclic) bond motifs is 1. The first-order chi connectivity index (χ1) is 11.8. The van der Waals surface area contributed by atoms with Gasteiger partial charge in [-0.1, -0.05) is 13.0 Å². The van der Waals surface area contributed by atoms with Gasteiger partial charge in [0.05, 0.1) is 19.8 Å². The lowest BCUT2D eigenvalue weighted by Crippen LogP contribution is -2.49. The van der Waals surface area contributed by atoms with Crippen molar-refractivity contribution in [3.05, 3.63) is 23.8 Å². The Balaban J connectivity index is 2.14. The molecule has 1 amide bonds. The van der Waals surface area contributed by atoms with Crippen molar-refractivity contribution in [2.24, 2.45) is 0 Å². The Hall–Kier alpha value is -1.59. The Bertz CT molecular complexity index is 586. The van der Waals surface area contributed by atoms with Gasteiger partial charge in [0.25, 0.3) is 0 Å². The Morgan fingerprint density at radius 1 is 1.28 bits per heavy atom. The van der Waals surface area contributed by atoms with Gasteiger partial charge in [-0.2, -0.15) is 0 Å². The molecule has 0 spiro atoms. The average molecular weight is 348 g/mol. The van der Waals surface area contributed by atoms with Crippen molar-refractivity contribution in [2.45, 2.75) is 52.5 Å². The fourth-order valence-corrected chi connectivity index (χ4v) is 3.71. The number of carbonyl (C=O) groups excluding carboxylic acids is 1. The summed E-state index contributed by atoms with van der Waals surface area (Å²) in [6.45, 7) is 13.8. The largest absolute Gasteiger partial charge is 0.379 e. The summed E-state index contributed by atoms with van der Waals surface area (Å²) in [4.78, 5) is 13.8. The molecule has 0 fully saturated rings. The van der Waals surface area contributed by atoms with E-state index in [0.717, 1.165) is 25.3 Å². The summed E-state index contributed by atoms with van der Waals surface area (Å²) >= 11 is 0. The smallest absolute Gasteiger partial charge is 0.221 e. The average Bonchev–Trinajstić information content (AvgIpc) is 2.52. The molecule has 25 heavy (non-hydrogen) atoms. The number of carbonyl (C=O) groups is 1. The summed E-state index contributed by atoms with van der Waals surface area (Å²) in [7, 11) is 0. The van der Waals surface area contributed by atoms with E-state index in [1.54, 1.807) is 0 Å². The van der Waals surface area contributed by atoms with E-state index in [1.807, 2.05) is 13.0 Å². The molecule has 1 unspecified atom stereocenters. The maximum absolute atomic E-state index is 11.4. The normalized spacial score (nSPS) is 18.8. The molecule has 1 N–H and O–H groups in total. The third kappa shape index (κ3) is 5.19. The molecule has 5 heteroatoms. The Labute approximate surface area is 151 Å². The van der Waals surface area contributed by atoms with Crippen LogP contribution in [0, 0.1) is 0 Å². The van der Waals surface area contributed by atoms with Crippen LogP contribution in [-0.2, 0) is 14.3 Å². The topological polar surface area (TPSA) is 50.8 Å². The molecule has 1 aromatic carbocycles. The second kappa shape index (κ2) is 8.68. The molecule has 0 saturated carbocycles. The fraction of sp³-hybridized carbons (Fsp3) is 0.650. The number of nitrogens with zero attached hydrogens (tertiary/aromatic N) is 1. The third-order valence-corrected chi connectivity index (χ3v) is 4.74. The summed E-state index contributed by atoms with van der Waals surface area (Å²) in [6.07, 6.45) is 1.10. The highest BCUT2D eigenvalue weighted by Crippen LogP contribution is 2.44. The van der Waals surface area contributed by atoms with Gasteiger partial charge >= 0.3 is 0 Å². The van der Waals surface area contributed by atoms with Crippen LogP contribution in [-0.4, -0.2) is 44.4 Å². The van der Waals surface area contributed by atoms with Gasteiger partial charge < -0.3 is 19.7 Å². The van der Waals surface area contributed by atoms with Gasteiger partial charge in [-0.15, -0.1) is 0 Å². The van der Waals surface area contributed by atoms with E-state index < -0.39 is 0 Å². The zero-order valence-corrected chi connectivity index (χ0v) is 16.2. The molecule has 2 rings (SSSR count). The predicted molar refractivity (Wildman–Crippen MR) is 103 cm³/mol. The molecule has 1 heterocycles. The highest BCUT2D eigenvalue weighted by atomic mass is 16.5. The van der Waals surface area contributed by atoms with E-state index in [0.29, 0.717) is 25.7 Å². The van der Waals surface area contributed by atoms with Crippen molar-refractivity contribution in [2.75, 3.05) is 43.2 Å². The molecule has 0 bridgehead atoms. The van der Waals surface area contributed by atoms with Crippen LogP contribution in [0.25, 0.3) is 0 Å². The molecule has 1 aliphatic heterocycles. The van der Waals surface area contributed by atoms with Crippen molar-refractivity contribution < 1.29 is 14.3 Å². The molecule has 140 valence electrons. The molecular weight excluding hydrogens is 316 g/mol. The van der Waals surface area contributed by atoms with Crippen molar-refractivity contribution in [3.63, 3.8) is 0 Å². The molecule has 0 saturated heterocycles. The maximum Gasteiger partial charge on any atom is 0.221 e. The SMILES string of the molecule is CCOCCOCCN1c2cc(NC(C)=O)ccc2C(C)CC1(C)C. The van der Waals surface area contributed by atoms with Crippen LogP contribution >= 0.6 is 0 Å². The minimum atomic E-state index is -0.0473. The number of ether oxygens (including phenoxy) is 2. The van der Waals surface area contributed by atoms with Crippen molar-refractivity contribution in [1.29, 1.82) is 0 Å². The Morgan fingerprint density at radius 2 is 2.00 bits per heavy atom. The molecular formula is C20H32N2O3. The van der Waals surface area contributed by atoms with Crippen molar-refractivity contribution in [3.8, 4) is 0 Å². The zero-order valence-electron chi connectivity index (χ0n) is 16.2. The van der Waals surface area contributed by atoms with E-state index in [4.69, 9.17) is 9.47 Å². The number of amides is 1. The summed E-state index contributed by atoms with van der Waals surface area (Å²) < 4.78 is 11.0. The van der Waals surface area contributed by atoms with E-state index in [-0.39, 0.29) is 11.4 Å². The Kier molecular flexibility index (Phi) is 6.85. The monoisotopic (exact) mass is 348 g/mol. The minimum absolute atomic E-state index is 0.0462. The first kappa shape index (κ1) is 19.7. The molecule has 1 atom stereocenters. The number of rotatable bonds is 8. The molecule has 1 aromatic rings. The summed E-state index contributed by atoms with van der Waals surface area (Å²) in [5.41, 5.74) is 3.43. The number of anilines is 2. The third-order valence-electron chi connectivity index (χ3n) is 4.74. The van der Waals surface area contributed by atoms with Crippen LogP contribution < -0.4 is 10.2 Å². The highest BCUT2D eigenvalue weighted by molar-refractivity contribution is 5.89. The molecule has 0 aromatic heterocycles. The quantitative estimate of drug-likeness (QED) is 0.726. The molecule has 5 nitrogen and oxygen atoms in total. The second-order valence-corrected chi connectivity index (χ2v) is 7.33.